The smallest absolute Gasteiger partial charge is 0.224 e. The van der Waals surface area contributed by atoms with E-state index in [-0.39, 0.29) is 11.0 Å². The van der Waals surface area contributed by atoms with Gasteiger partial charge in [-0.15, -0.1) is 0 Å². The average Bonchev–Trinajstić information content (AvgIpc) is 2.36. The van der Waals surface area contributed by atoms with Crippen LogP contribution in [0.3, 0.4) is 0 Å². The minimum absolute atomic E-state index is 0.0657. The highest BCUT2D eigenvalue weighted by molar-refractivity contribution is 6.33. The number of hydrogen-bond donors (Lipinski definition) is 1. The Kier molecular flexibility index (Phi) is 3.84. The predicted octanol–water partition coefficient (Wildman–Crippen LogP) is 3.67. The van der Waals surface area contributed by atoms with Crippen molar-refractivity contribution in [3.8, 4) is 5.75 Å². The topological polar surface area (TPSA) is 47.0 Å². The summed E-state index contributed by atoms with van der Waals surface area (Å²) >= 11 is 11.6. The Labute approximate surface area is 113 Å². The second kappa shape index (κ2) is 5.37. The van der Waals surface area contributed by atoms with Crippen molar-refractivity contribution in [1.29, 1.82) is 0 Å². The number of rotatable bonds is 3. The molecule has 0 amide bonds. The Bertz CT molecular complexity index is 580. The first-order valence-corrected chi connectivity index (χ1v) is 5.64. The molecule has 18 heavy (non-hydrogen) atoms. The molecule has 94 valence electrons. The second-order valence-corrected chi connectivity index (χ2v) is 4.06. The van der Waals surface area contributed by atoms with Gasteiger partial charge in [-0.1, -0.05) is 11.6 Å². The molecule has 1 heterocycles. The fourth-order valence-corrected chi connectivity index (χ4v) is 1.58. The average molecular weight is 288 g/mol. The van der Waals surface area contributed by atoms with Crippen molar-refractivity contribution < 1.29 is 9.13 Å². The Morgan fingerprint density at radius 1 is 1.33 bits per heavy atom. The lowest BCUT2D eigenvalue weighted by Crippen LogP contribution is -1.97. The monoisotopic (exact) mass is 287 g/mol. The fourth-order valence-electron chi connectivity index (χ4n) is 1.31. The summed E-state index contributed by atoms with van der Waals surface area (Å²) in [4.78, 5) is 7.65. The molecule has 0 radical (unpaired) electrons. The quantitative estimate of drug-likeness (QED) is 0.875. The molecule has 0 unspecified atom stereocenters. The molecule has 1 aromatic heterocycles. The number of hydrogen-bond acceptors (Lipinski definition) is 4. The van der Waals surface area contributed by atoms with Gasteiger partial charge in [0.05, 0.1) is 13.3 Å². The van der Waals surface area contributed by atoms with Crippen LogP contribution in [0, 0.1) is 5.82 Å². The van der Waals surface area contributed by atoms with Crippen molar-refractivity contribution >= 4 is 34.7 Å². The maximum atomic E-state index is 13.2. The molecule has 0 aliphatic rings. The van der Waals surface area contributed by atoms with Crippen LogP contribution in [-0.4, -0.2) is 17.1 Å². The van der Waals surface area contributed by atoms with E-state index in [9.17, 15) is 4.39 Å². The Morgan fingerprint density at radius 3 is 2.83 bits per heavy atom. The maximum absolute atomic E-state index is 13.2. The van der Waals surface area contributed by atoms with E-state index in [1.807, 2.05) is 0 Å². The van der Waals surface area contributed by atoms with Crippen molar-refractivity contribution in [2.24, 2.45) is 0 Å². The highest BCUT2D eigenvalue weighted by atomic mass is 35.5. The first-order chi connectivity index (χ1) is 8.60. The third-order valence-electron chi connectivity index (χ3n) is 2.13. The molecular weight excluding hydrogens is 280 g/mol. The van der Waals surface area contributed by atoms with Crippen LogP contribution in [0.2, 0.25) is 10.3 Å². The SMILES string of the molecule is COc1cc(Nc2nc(Cl)ncc2Cl)ccc1F. The Balaban J connectivity index is 2.31. The zero-order valence-electron chi connectivity index (χ0n) is 9.25. The number of aromatic nitrogens is 2. The molecule has 0 saturated heterocycles. The van der Waals surface area contributed by atoms with Gasteiger partial charge in [0.2, 0.25) is 5.28 Å². The Hall–Kier alpha value is -1.59. The molecule has 0 fully saturated rings. The van der Waals surface area contributed by atoms with E-state index in [0.29, 0.717) is 16.5 Å². The number of anilines is 2. The van der Waals surface area contributed by atoms with Gasteiger partial charge in [0.25, 0.3) is 0 Å². The van der Waals surface area contributed by atoms with Crippen LogP contribution in [0.15, 0.2) is 24.4 Å². The number of nitrogens with zero attached hydrogens (tertiary/aromatic N) is 2. The summed E-state index contributed by atoms with van der Waals surface area (Å²) in [6.07, 6.45) is 1.37. The first kappa shape index (κ1) is 12.9. The molecule has 0 aliphatic heterocycles. The van der Waals surface area contributed by atoms with Crippen LogP contribution < -0.4 is 10.1 Å². The molecule has 0 bridgehead atoms. The van der Waals surface area contributed by atoms with Gasteiger partial charge in [-0.3, -0.25) is 0 Å². The Morgan fingerprint density at radius 2 is 2.11 bits per heavy atom. The van der Waals surface area contributed by atoms with Crippen LogP contribution in [0.4, 0.5) is 15.9 Å². The minimum Gasteiger partial charge on any atom is -0.494 e. The molecule has 4 nitrogen and oxygen atoms in total. The summed E-state index contributed by atoms with van der Waals surface area (Å²) in [5.41, 5.74) is 0.574. The molecule has 7 heteroatoms. The van der Waals surface area contributed by atoms with Crippen molar-refractivity contribution in [3.63, 3.8) is 0 Å². The molecule has 0 atom stereocenters. The van der Waals surface area contributed by atoms with Crippen molar-refractivity contribution in [2.45, 2.75) is 0 Å². The van der Waals surface area contributed by atoms with Gasteiger partial charge in [0, 0.05) is 11.8 Å². The van der Waals surface area contributed by atoms with E-state index in [4.69, 9.17) is 27.9 Å². The molecule has 0 saturated carbocycles. The molecule has 1 aromatic carbocycles. The van der Waals surface area contributed by atoms with Crippen LogP contribution >= 0.6 is 23.2 Å². The molecule has 0 spiro atoms. The van der Waals surface area contributed by atoms with Crippen molar-refractivity contribution in [1.82, 2.24) is 9.97 Å². The maximum Gasteiger partial charge on any atom is 0.224 e. The third kappa shape index (κ3) is 2.80. The van der Waals surface area contributed by atoms with Gasteiger partial charge in [-0.05, 0) is 23.7 Å². The van der Waals surface area contributed by atoms with Gasteiger partial charge in [0.1, 0.15) is 5.02 Å². The summed E-state index contributed by atoms with van der Waals surface area (Å²) < 4.78 is 18.1. The van der Waals surface area contributed by atoms with Gasteiger partial charge < -0.3 is 10.1 Å². The number of halogens is 3. The lowest BCUT2D eigenvalue weighted by Gasteiger charge is -2.09. The van der Waals surface area contributed by atoms with E-state index < -0.39 is 5.82 Å². The first-order valence-electron chi connectivity index (χ1n) is 4.89. The summed E-state index contributed by atoms with van der Waals surface area (Å²) in [7, 11) is 1.39. The fraction of sp³-hybridized carbons (Fsp3) is 0.0909. The molecule has 1 N–H and O–H groups in total. The lowest BCUT2D eigenvalue weighted by molar-refractivity contribution is 0.387. The standard InChI is InChI=1S/C11H8Cl2FN3O/c1-18-9-4-6(2-3-8(9)14)16-10-7(12)5-15-11(13)17-10/h2-5H,1H3,(H,15,16,17). The van der Waals surface area contributed by atoms with E-state index >= 15 is 0 Å². The van der Waals surface area contributed by atoms with Crippen LogP contribution in [0.1, 0.15) is 0 Å². The lowest BCUT2D eigenvalue weighted by atomic mass is 10.3. The number of ether oxygens (including phenoxy) is 1. The summed E-state index contributed by atoms with van der Waals surface area (Å²) in [5.74, 6) is 0.0106. The van der Waals surface area contributed by atoms with Gasteiger partial charge in [0.15, 0.2) is 17.4 Å². The highest BCUT2D eigenvalue weighted by Crippen LogP contribution is 2.27. The minimum atomic E-state index is -0.449. The number of benzene rings is 1. The summed E-state index contributed by atoms with van der Waals surface area (Å²) in [5, 5.41) is 3.27. The normalized spacial score (nSPS) is 10.2. The van der Waals surface area contributed by atoms with Gasteiger partial charge >= 0.3 is 0 Å². The number of nitrogens with one attached hydrogen (secondary N) is 1. The van der Waals surface area contributed by atoms with Crippen molar-refractivity contribution in [3.05, 3.63) is 40.5 Å². The third-order valence-corrected chi connectivity index (χ3v) is 2.59. The van der Waals surface area contributed by atoms with E-state index in [1.165, 1.54) is 31.5 Å². The molecule has 0 aliphatic carbocycles. The molecule has 2 aromatic rings. The van der Waals surface area contributed by atoms with E-state index in [0.717, 1.165) is 0 Å². The van der Waals surface area contributed by atoms with Crippen LogP contribution in [-0.2, 0) is 0 Å². The number of methoxy groups -OCH3 is 1. The van der Waals surface area contributed by atoms with Gasteiger partial charge in [-0.2, -0.15) is 4.98 Å². The molecular formula is C11H8Cl2FN3O. The predicted molar refractivity (Wildman–Crippen MR) is 68.3 cm³/mol. The van der Waals surface area contributed by atoms with Gasteiger partial charge in [-0.25, -0.2) is 9.37 Å². The zero-order valence-corrected chi connectivity index (χ0v) is 10.8. The van der Waals surface area contributed by atoms with E-state index in [1.54, 1.807) is 0 Å². The van der Waals surface area contributed by atoms with E-state index in [2.05, 4.69) is 15.3 Å². The molecule has 2 rings (SSSR count). The van der Waals surface area contributed by atoms with Crippen LogP contribution in [0.5, 0.6) is 5.75 Å². The summed E-state index contributed by atoms with van der Waals surface area (Å²) in [6.45, 7) is 0. The second-order valence-electron chi connectivity index (χ2n) is 3.31. The van der Waals surface area contributed by atoms with Crippen LogP contribution in [0.25, 0.3) is 0 Å². The highest BCUT2D eigenvalue weighted by Gasteiger charge is 2.07. The largest absolute Gasteiger partial charge is 0.494 e. The van der Waals surface area contributed by atoms with Crippen molar-refractivity contribution in [2.75, 3.05) is 12.4 Å². The summed E-state index contributed by atoms with van der Waals surface area (Å²) in [6, 6.07) is 4.30. The zero-order chi connectivity index (χ0) is 13.1.